The maximum Gasteiger partial charge on any atom is 0.257 e. The molecule has 5 aromatic rings. The molecule has 8 heteroatoms. The lowest BCUT2D eigenvalue weighted by molar-refractivity contribution is -0.132. The molecule has 4 aromatic carbocycles. The number of para-hydroxylation sites is 1. The Morgan fingerprint density at radius 3 is 2.18 bits per heavy atom. The van der Waals surface area contributed by atoms with E-state index >= 15 is 0 Å². The van der Waals surface area contributed by atoms with E-state index in [1.165, 1.54) is 4.90 Å². The first-order chi connectivity index (χ1) is 21.3. The van der Waals surface area contributed by atoms with E-state index in [-0.39, 0.29) is 24.6 Å². The van der Waals surface area contributed by atoms with Crippen LogP contribution < -0.4 is 4.90 Å². The fraction of sp³-hybridized carbons (Fsp3) is 0.222. The van der Waals surface area contributed by atoms with Crippen molar-refractivity contribution in [2.45, 2.75) is 19.4 Å². The topological polar surface area (TPSA) is 59.7 Å². The summed E-state index contributed by atoms with van der Waals surface area (Å²) in [6.45, 7) is 0.716. The van der Waals surface area contributed by atoms with Gasteiger partial charge in [-0.15, -0.1) is 0 Å². The number of rotatable bonds is 12. The van der Waals surface area contributed by atoms with Gasteiger partial charge < -0.3 is 19.7 Å². The lowest BCUT2D eigenvalue weighted by Crippen LogP contribution is -2.44. The molecule has 2 amide bonds. The predicted molar refractivity (Wildman–Crippen MR) is 171 cm³/mol. The Hall–Kier alpha value is -4.98. The molecular weight excluding hydrogens is 558 g/mol. The van der Waals surface area contributed by atoms with Crippen molar-refractivity contribution in [2.24, 2.45) is 0 Å². The molecule has 6 nitrogen and oxygen atoms in total. The Morgan fingerprint density at radius 2 is 1.45 bits per heavy atom. The number of carbonyl (C=O) groups excluding carboxylic acids is 2. The highest BCUT2D eigenvalue weighted by Gasteiger charge is 2.25. The van der Waals surface area contributed by atoms with Gasteiger partial charge in [-0.05, 0) is 59.9 Å². The zero-order valence-electron chi connectivity index (χ0n) is 25.0. The molecule has 0 unspecified atom stereocenters. The third-order valence-corrected chi connectivity index (χ3v) is 7.79. The van der Waals surface area contributed by atoms with E-state index < -0.39 is 17.5 Å². The van der Waals surface area contributed by atoms with E-state index in [0.717, 1.165) is 45.4 Å². The van der Waals surface area contributed by atoms with Crippen LogP contribution in [-0.2, 0) is 24.2 Å². The fourth-order valence-corrected chi connectivity index (χ4v) is 5.26. The van der Waals surface area contributed by atoms with Crippen molar-refractivity contribution in [1.29, 1.82) is 0 Å². The number of H-pyrrole nitrogens is 1. The Bertz CT molecular complexity index is 1720. The van der Waals surface area contributed by atoms with Crippen molar-refractivity contribution in [3.63, 3.8) is 0 Å². The van der Waals surface area contributed by atoms with Gasteiger partial charge in [0, 0.05) is 62.6 Å². The number of amides is 2. The fourth-order valence-electron chi connectivity index (χ4n) is 5.26. The molecule has 5 rings (SSSR count). The Labute approximate surface area is 256 Å². The highest BCUT2D eigenvalue weighted by Crippen LogP contribution is 2.20. The lowest BCUT2D eigenvalue weighted by atomic mass is 10.1. The van der Waals surface area contributed by atoms with Crippen molar-refractivity contribution in [1.82, 2.24) is 14.8 Å². The molecule has 0 radical (unpaired) electrons. The number of benzene rings is 4. The molecule has 1 heterocycles. The number of nitrogens with zero attached hydrogens (tertiary/aromatic N) is 3. The van der Waals surface area contributed by atoms with Crippen molar-refractivity contribution in [3.8, 4) is 0 Å². The molecule has 1 N–H and O–H groups in total. The first-order valence-corrected chi connectivity index (χ1v) is 14.7. The van der Waals surface area contributed by atoms with Crippen LogP contribution in [0, 0.1) is 11.6 Å². The van der Waals surface area contributed by atoms with Crippen LogP contribution in [0.25, 0.3) is 10.9 Å². The molecule has 0 bridgehead atoms. The second kappa shape index (κ2) is 14.0. The molecule has 0 aliphatic rings. The molecular formula is C36H36F2N4O2. The van der Waals surface area contributed by atoms with Crippen LogP contribution in [0.5, 0.6) is 0 Å². The molecule has 0 fully saturated rings. The quantitative estimate of drug-likeness (QED) is 0.180. The van der Waals surface area contributed by atoms with E-state index in [0.29, 0.717) is 32.0 Å². The van der Waals surface area contributed by atoms with E-state index in [4.69, 9.17) is 0 Å². The van der Waals surface area contributed by atoms with Gasteiger partial charge in [0.05, 0.1) is 5.56 Å². The molecule has 0 spiro atoms. The zero-order valence-corrected chi connectivity index (χ0v) is 25.0. The number of anilines is 1. The Balaban J connectivity index is 1.40. The number of aromatic nitrogens is 1. The van der Waals surface area contributed by atoms with Gasteiger partial charge in [0.25, 0.3) is 5.91 Å². The number of hydrogen-bond donors (Lipinski definition) is 1. The van der Waals surface area contributed by atoms with E-state index in [1.807, 2.05) is 98.0 Å². The maximum absolute atomic E-state index is 14.7. The van der Waals surface area contributed by atoms with Crippen molar-refractivity contribution < 1.29 is 18.4 Å². The summed E-state index contributed by atoms with van der Waals surface area (Å²) >= 11 is 0. The summed E-state index contributed by atoms with van der Waals surface area (Å²) < 4.78 is 28.4. The number of hydrogen-bond acceptors (Lipinski definition) is 3. The number of halogens is 2. The minimum Gasteiger partial charge on any atom is -0.378 e. The number of fused-ring (bicyclic) bond motifs is 1. The first-order valence-electron chi connectivity index (χ1n) is 14.7. The van der Waals surface area contributed by atoms with Crippen LogP contribution in [0.3, 0.4) is 0 Å². The summed E-state index contributed by atoms with van der Waals surface area (Å²) in [5.74, 6) is -2.64. The van der Waals surface area contributed by atoms with Gasteiger partial charge >= 0.3 is 0 Å². The summed E-state index contributed by atoms with van der Waals surface area (Å²) in [5.41, 5.74) is 4.83. The third-order valence-electron chi connectivity index (χ3n) is 7.79. The largest absolute Gasteiger partial charge is 0.378 e. The van der Waals surface area contributed by atoms with Crippen molar-refractivity contribution in [2.75, 3.05) is 38.6 Å². The van der Waals surface area contributed by atoms with Crippen LogP contribution in [0.4, 0.5) is 14.5 Å². The normalized spacial score (nSPS) is 11.0. The van der Waals surface area contributed by atoms with E-state index in [1.54, 1.807) is 4.90 Å². The van der Waals surface area contributed by atoms with Gasteiger partial charge in [-0.2, -0.15) is 0 Å². The third kappa shape index (κ3) is 7.50. The number of aromatic amines is 1. The summed E-state index contributed by atoms with van der Waals surface area (Å²) in [7, 11) is 3.94. The summed E-state index contributed by atoms with van der Waals surface area (Å²) in [5, 5.41) is 1.10. The van der Waals surface area contributed by atoms with Crippen LogP contribution in [0.15, 0.2) is 103 Å². The van der Waals surface area contributed by atoms with Crippen LogP contribution in [-0.4, -0.2) is 60.3 Å². The van der Waals surface area contributed by atoms with Crippen LogP contribution in [0.2, 0.25) is 0 Å². The molecule has 0 atom stereocenters. The zero-order chi connectivity index (χ0) is 31.1. The van der Waals surface area contributed by atoms with Crippen LogP contribution >= 0.6 is 0 Å². The smallest absolute Gasteiger partial charge is 0.257 e. The van der Waals surface area contributed by atoms with Gasteiger partial charge in [0.15, 0.2) is 0 Å². The predicted octanol–water partition coefficient (Wildman–Crippen LogP) is 6.47. The number of carbonyl (C=O) groups is 2. The molecule has 0 saturated heterocycles. The minimum absolute atomic E-state index is 0.194. The van der Waals surface area contributed by atoms with Gasteiger partial charge in [-0.1, -0.05) is 60.7 Å². The van der Waals surface area contributed by atoms with Crippen molar-refractivity contribution >= 4 is 28.4 Å². The molecule has 1 aromatic heterocycles. The van der Waals surface area contributed by atoms with Gasteiger partial charge in [-0.3, -0.25) is 9.59 Å². The summed E-state index contributed by atoms with van der Waals surface area (Å²) in [6, 6.07) is 28.5. The second-order valence-corrected chi connectivity index (χ2v) is 11.1. The molecule has 44 heavy (non-hydrogen) atoms. The average Bonchev–Trinajstić information content (AvgIpc) is 3.44. The minimum atomic E-state index is -0.954. The molecule has 0 aliphatic carbocycles. The Morgan fingerprint density at radius 1 is 0.750 bits per heavy atom. The lowest BCUT2D eigenvalue weighted by Gasteiger charge is -2.28. The van der Waals surface area contributed by atoms with Crippen molar-refractivity contribution in [3.05, 3.63) is 137 Å². The molecule has 0 aliphatic heterocycles. The molecule has 226 valence electrons. The standard InChI is InChI=1S/C36H36F2N4O2/c1-40(2)30-15-12-27(13-16-30)24-41(21-19-28-23-39-34-11-7-6-10-31(28)34)35(43)25-42(20-18-26-8-4-3-5-9-26)36(44)32-17-14-29(37)22-33(32)38/h3-17,22-23,39H,18-21,24-25H2,1-2H3. The maximum atomic E-state index is 14.7. The first kappa shape index (κ1) is 30.5. The average molecular weight is 595 g/mol. The van der Waals surface area contributed by atoms with Crippen LogP contribution in [0.1, 0.15) is 27.0 Å². The SMILES string of the molecule is CN(C)c1ccc(CN(CCc2c[nH]c3ccccc23)C(=O)CN(CCc2ccccc2)C(=O)c2ccc(F)cc2F)cc1. The monoisotopic (exact) mass is 594 g/mol. The number of nitrogens with one attached hydrogen (secondary N) is 1. The summed E-state index contributed by atoms with van der Waals surface area (Å²) in [4.78, 5) is 36.0. The highest BCUT2D eigenvalue weighted by molar-refractivity contribution is 5.96. The van der Waals surface area contributed by atoms with E-state index in [2.05, 4.69) is 11.1 Å². The van der Waals surface area contributed by atoms with Gasteiger partial charge in [-0.25, -0.2) is 8.78 Å². The molecule has 0 saturated carbocycles. The Kier molecular flexibility index (Phi) is 9.69. The second-order valence-electron chi connectivity index (χ2n) is 11.1. The highest BCUT2D eigenvalue weighted by atomic mass is 19.1. The van der Waals surface area contributed by atoms with E-state index in [9.17, 15) is 18.4 Å². The van der Waals surface area contributed by atoms with Gasteiger partial charge in [0.2, 0.25) is 5.91 Å². The van der Waals surface area contributed by atoms with Gasteiger partial charge in [0.1, 0.15) is 18.2 Å². The summed E-state index contributed by atoms with van der Waals surface area (Å²) in [6.07, 6.45) is 3.05.